The lowest BCUT2D eigenvalue weighted by molar-refractivity contribution is 0.107. The maximum Gasteiger partial charge on any atom is 0.252 e. The molecule has 0 atom stereocenters. The van der Waals surface area contributed by atoms with E-state index in [0.717, 1.165) is 0 Å². The van der Waals surface area contributed by atoms with Crippen molar-refractivity contribution in [2.24, 2.45) is 0 Å². The van der Waals surface area contributed by atoms with Gasteiger partial charge in [0.2, 0.25) is 0 Å². The largest absolute Gasteiger partial charge is 0.453 e. The smallest absolute Gasteiger partial charge is 0.252 e. The van der Waals surface area contributed by atoms with E-state index in [1.54, 1.807) is 36.4 Å². The highest BCUT2D eigenvalue weighted by molar-refractivity contribution is 6.68. The molecule has 6 heteroatoms. The van der Waals surface area contributed by atoms with E-state index < -0.39 is 10.5 Å². The minimum absolute atomic E-state index is 0.356. The Hall–Kier alpha value is -2.04. The van der Waals surface area contributed by atoms with Crippen LogP contribution in [0.2, 0.25) is 0 Å². The van der Waals surface area contributed by atoms with Gasteiger partial charge >= 0.3 is 0 Å². The van der Waals surface area contributed by atoms with E-state index in [1.165, 1.54) is 0 Å². The normalized spacial score (nSPS) is 11.7. The molecule has 0 amide bonds. The Labute approximate surface area is 124 Å². The fraction of sp³-hybridized carbons (Fsp3) is 0. The minimum Gasteiger partial charge on any atom is -0.453 e. The molecule has 0 bridgehead atoms. The van der Waals surface area contributed by atoms with Crippen molar-refractivity contribution >= 4 is 45.1 Å². The average molecular weight is 308 g/mol. The molecule has 1 aliphatic rings. The van der Waals surface area contributed by atoms with E-state index in [1.807, 2.05) is 0 Å². The summed E-state index contributed by atoms with van der Waals surface area (Å²) in [7, 11) is 0. The summed E-state index contributed by atoms with van der Waals surface area (Å²) in [6.45, 7) is 0. The fourth-order valence-electron chi connectivity index (χ4n) is 1.94. The zero-order valence-corrected chi connectivity index (χ0v) is 11.5. The number of hydrogen-bond donors (Lipinski definition) is 1. The topological polar surface area (TPSA) is 55.4 Å². The molecular formula is C14H7Cl2NO3. The summed E-state index contributed by atoms with van der Waals surface area (Å²) in [4.78, 5) is 22.3. The van der Waals surface area contributed by atoms with Crippen molar-refractivity contribution in [2.45, 2.75) is 0 Å². The van der Waals surface area contributed by atoms with E-state index in [4.69, 9.17) is 27.9 Å². The predicted molar refractivity (Wildman–Crippen MR) is 76.6 cm³/mol. The maximum atomic E-state index is 11.2. The Balaban J connectivity index is 2.03. The van der Waals surface area contributed by atoms with Gasteiger partial charge in [-0.05, 0) is 59.6 Å². The van der Waals surface area contributed by atoms with Crippen molar-refractivity contribution in [1.29, 1.82) is 0 Å². The summed E-state index contributed by atoms with van der Waals surface area (Å²) in [5.41, 5.74) is 1.91. The number of carbonyl (C=O) groups excluding carboxylic acids is 2. The molecule has 1 aliphatic heterocycles. The molecule has 1 N–H and O–H groups in total. The number of carbonyl (C=O) groups is 2. The number of nitrogens with one attached hydrogen (secondary N) is 1. The van der Waals surface area contributed by atoms with Gasteiger partial charge < -0.3 is 10.1 Å². The van der Waals surface area contributed by atoms with Crippen molar-refractivity contribution in [3.63, 3.8) is 0 Å². The van der Waals surface area contributed by atoms with Crippen LogP contribution in [0.15, 0.2) is 36.4 Å². The van der Waals surface area contributed by atoms with Gasteiger partial charge in [0.05, 0.1) is 11.4 Å². The molecule has 0 fully saturated rings. The van der Waals surface area contributed by atoms with Crippen LogP contribution in [-0.4, -0.2) is 10.5 Å². The molecule has 0 radical (unpaired) electrons. The van der Waals surface area contributed by atoms with E-state index in [2.05, 4.69) is 5.32 Å². The Morgan fingerprint density at radius 2 is 1.30 bits per heavy atom. The van der Waals surface area contributed by atoms with Crippen LogP contribution in [0, 0.1) is 0 Å². The Kier molecular flexibility index (Phi) is 3.12. The van der Waals surface area contributed by atoms with Crippen molar-refractivity contribution < 1.29 is 14.3 Å². The van der Waals surface area contributed by atoms with Gasteiger partial charge in [-0.15, -0.1) is 0 Å². The first-order valence-corrected chi connectivity index (χ1v) is 6.43. The second-order valence-corrected chi connectivity index (χ2v) is 4.88. The van der Waals surface area contributed by atoms with Crippen molar-refractivity contribution in [1.82, 2.24) is 0 Å². The highest BCUT2D eigenvalue weighted by Gasteiger charge is 2.19. The Bertz CT molecular complexity index is 682. The summed E-state index contributed by atoms with van der Waals surface area (Å²) in [6.07, 6.45) is 0. The summed E-state index contributed by atoms with van der Waals surface area (Å²) < 4.78 is 5.68. The maximum absolute atomic E-state index is 11.2. The number of rotatable bonds is 2. The second kappa shape index (κ2) is 4.81. The first kappa shape index (κ1) is 13.0. The van der Waals surface area contributed by atoms with Crippen LogP contribution >= 0.6 is 23.2 Å². The monoisotopic (exact) mass is 307 g/mol. The highest BCUT2D eigenvalue weighted by atomic mass is 35.5. The third kappa shape index (κ3) is 2.24. The van der Waals surface area contributed by atoms with Gasteiger partial charge in [0.15, 0.2) is 11.5 Å². The third-order valence-corrected chi connectivity index (χ3v) is 3.34. The Morgan fingerprint density at radius 1 is 0.850 bits per heavy atom. The molecule has 0 unspecified atom stereocenters. The summed E-state index contributed by atoms with van der Waals surface area (Å²) in [5.74, 6) is 1.15. The molecule has 0 saturated carbocycles. The second-order valence-electron chi connectivity index (χ2n) is 4.20. The van der Waals surface area contributed by atoms with Crippen LogP contribution in [0.5, 0.6) is 11.5 Å². The highest BCUT2D eigenvalue weighted by Crippen LogP contribution is 2.42. The molecule has 0 saturated heterocycles. The SMILES string of the molecule is O=C(Cl)c1ccc2c(c1)Nc1cc(C(=O)Cl)ccc1O2. The van der Waals surface area contributed by atoms with E-state index in [-0.39, 0.29) is 0 Å². The number of benzene rings is 2. The van der Waals surface area contributed by atoms with Crippen LogP contribution in [0.25, 0.3) is 0 Å². The van der Waals surface area contributed by atoms with Crippen molar-refractivity contribution in [3.8, 4) is 11.5 Å². The van der Waals surface area contributed by atoms with Gasteiger partial charge in [-0.25, -0.2) is 0 Å². The molecule has 3 rings (SSSR count). The molecule has 0 aromatic heterocycles. The van der Waals surface area contributed by atoms with Crippen molar-refractivity contribution in [2.75, 3.05) is 5.32 Å². The fourth-order valence-corrected chi connectivity index (χ4v) is 2.18. The molecule has 0 aliphatic carbocycles. The predicted octanol–water partition coefficient (Wildman–Crippen LogP) is 4.29. The molecule has 1 heterocycles. The summed E-state index contributed by atoms with van der Waals surface area (Å²) >= 11 is 10.9. The van der Waals surface area contributed by atoms with Crippen molar-refractivity contribution in [3.05, 3.63) is 47.5 Å². The lowest BCUT2D eigenvalue weighted by Crippen LogP contribution is -2.05. The zero-order valence-electron chi connectivity index (χ0n) is 9.94. The number of ether oxygens (including phenoxy) is 1. The average Bonchev–Trinajstić information content (AvgIpc) is 2.43. The Morgan fingerprint density at radius 3 is 1.70 bits per heavy atom. The van der Waals surface area contributed by atoms with Crippen LogP contribution in [0.3, 0.4) is 0 Å². The molecule has 2 aromatic rings. The summed E-state index contributed by atoms with van der Waals surface area (Å²) in [6, 6.07) is 9.64. The number of anilines is 2. The third-order valence-electron chi connectivity index (χ3n) is 2.90. The van der Waals surface area contributed by atoms with Crippen LogP contribution in [-0.2, 0) is 0 Å². The van der Waals surface area contributed by atoms with Crippen LogP contribution < -0.4 is 10.1 Å². The van der Waals surface area contributed by atoms with Gasteiger partial charge in [-0.2, -0.15) is 0 Å². The molecule has 20 heavy (non-hydrogen) atoms. The van der Waals surface area contributed by atoms with Gasteiger partial charge in [0.1, 0.15) is 0 Å². The number of hydrogen-bond acceptors (Lipinski definition) is 4. The van der Waals surface area contributed by atoms with Gasteiger partial charge in [0, 0.05) is 11.1 Å². The zero-order chi connectivity index (χ0) is 14.3. The minimum atomic E-state index is -0.551. The van der Waals surface area contributed by atoms with E-state index in [0.29, 0.717) is 34.0 Å². The molecular weight excluding hydrogens is 301 g/mol. The van der Waals surface area contributed by atoms with Gasteiger partial charge in [-0.3, -0.25) is 9.59 Å². The van der Waals surface area contributed by atoms with E-state index in [9.17, 15) is 9.59 Å². The first-order valence-electron chi connectivity index (χ1n) is 5.67. The number of fused-ring (bicyclic) bond motifs is 2. The van der Waals surface area contributed by atoms with Crippen LogP contribution in [0.4, 0.5) is 11.4 Å². The molecule has 0 spiro atoms. The summed E-state index contributed by atoms with van der Waals surface area (Å²) in [5, 5.41) is 1.98. The molecule has 2 aromatic carbocycles. The van der Waals surface area contributed by atoms with Gasteiger partial charge in [0.25, 0.3) is 10.5 Å². The first-order chi connectivity index (χ1) is 9.54. The van der Waals surface area contributed by atoms with Gasteiger partial charge in [-0.1, -0.05) is 0 Å². The number of halogens is 2. The standard InChI is InChI=1S/C14H7Cl2NO3/c15-13(18)7-1-3-11-9(5-7)17-10-6-8(14(16)19)2-4-12(10)20-11/h1-6,17H. The lowest BCUT2D eigenvalue weighted by Gasteiger charge is -2.22. The van der Waals surface area contributed by atoms with E-state index >= 15 is 0 Å². The van der Waals surface area contributed by atoms with Crippen LogP contribution in [0.1, 0.15) is 20.7 Å². The molecule has 100 valence electrons. The lowest BCUT2D eigenvalue weighted by atomic mass is 10.1. The molecule has 4 nitrogen and oxygen atoms in total. The quantitative estimate of drug-likeness (QED) is 0.717.